The van der Waals surface area contributed by atoms with Gasteiger partial charge in [0.05, 0.1) is 5.60 Å². The smallest absolute Gasteiger partial charge is 0.0598 e. The minimum atomic E-state index is -0.0185. The van der Waals surface area contributed by atoms with Crippen molar-refractivity contribution in [2.24, 2.45) is 11.7 Å². The van der Waals surface area contributed by atoms with Crippen molar-refractivity contribution >= 4 is 0 Å². The lowest BCUT2D eigenvalue weighted by atomic mass is 9.96. The van der Waals surface area contributed by atoms with Gasteiger partial charge in [-0.25, -0.2) is 0 Å². The van der Waals surface area contributed by atoms with Crippen LogP contribution in [0, 0.1) is 5.92 Å². The highest BCUT2D eigenvalue weighted by Crippen LogP contribution is 2.28. The van der Waals surface area contributed by atoms with Crippen LogP contribution in [0.4, 0.5) is 0 Å². The molecule has 84 valence electrons. The summed E-state index contributed by atoms with van der Waals surface area (Å²) in [4.78, 5) is 0. The molecule has 0 saturated heterocycles. The van der Waals surface area contributed by atoms with Crippen LogP contribution in [-0.2, 0) is 4.74 Å². The van der Waals surface area contributed by atoms with Crippen LogP contribution < -0.4 is 5.73 Å². The van der Waals surface area contributed by atoms with Crippen LogP contribution in [0.3, 0.4) is 0 Å². The van der Waals surface area contributed by atoms with Crippen molar-refractivity contribution in [2.45, 2.75) is 64.5 Å². The fourth-order valence-electron chi connectivity index (χ4n) is 2.12. The number of rotatable bonds is 4. The maximum Gasteiger partial charge on any atom is 0.0598 e. The van der Waals surface area contributed by atoms with Crippen molar-refractivity contribution in [2.75, 3.05) is 6.61 Å². The first kappa shape index (κ1) is 12.0. The largest absolute Gasteiger partial charge is 0.376 e. The molecule has 1 atom stereocenters. The van der Waals surface area contributed by atoms with Crippen LogP contribution in [0.5, 0.6) is 0 Å². The van der Waals surface area contributed by atoms with Crippen molar-refractivity contribution in [3.05, 3.63) is 0 Å². The second kappa shape index (κ2) is 5.13. The van der Waals surface area contributed by atoms with E-state index in [2.05, 4.69) is 20.8 Å². The second-order valence-corrected chi connectivity index (χ2v) is 5.46. The van der Waals surface area contributed by atoms with Gasteiger partial charge in [0.2, 0.25) is 0 Å². The van der Waals surface area contributed by atoms with Crippen molar-refractivity contribution < 1.29 is 4.74 Å². The van der Waals surface area contributed by atoms with Crippen molar-refractivity contribution in [3.8, 4) is 0 Å². The molecular weight excluding hydrogens is 174 g/mol. The highest BCUT2D eigenvalue weighted by molar-refractivity contribution is 4.77. The summed E-state index contributed by atoms with van der Waals surface area (Å²) in [5.41, 5.74) is 6.11. The summed E-state index contributed by atoms with van der Waals surface area (Å²) in [5, 5.41) is 0. The quantitative estimate of drug-likeness (QED) is 0.755. The lowest BCUT2D eigenvalue weighted by molar-refractivity contribution is -0.00769. The first-order valence-corrected chi connectivity index (χ1v) is 5.88. The molecule has 0 aromatic carbocycles. The summed E-state index contributed by atoms with van der Waals surface area (Å²) in [5.74, 6) is 0.763. The Balaban J connectivity index is 2.11. The molecule has 2 heteroatoms. The summed E-state index contributed by atoms with van der Waals surface area (Å²) >= 11 is 0. The fourth-order valence-corrected chi connectivity index (χ4v) is 2.12. The van der Waals surface area contributed by atoms with Gasteiger partial charge in [-0.1, -0.05) is 12.8 Å². The van der Waals surface area contributed by atoms with Crippen LogP contribution in [0.15, 0.2) is 0 Å². The summed E-state index contributed by atoms with van der Waals surface area (Å²) in [7, 11) is 0. The number of ether oxygens (including phenoxy) is 1. The molecule has 0 amide bonds. The normalized spacial score (nSPS) is 21.4. The van der Waals surface area contributed by atoms with E-state index >= 15 is 0 Å². The molecule has 0 aromatic rings. The summed E-state index contributed by atoms with van der Waals surface area (Å²) in [6.45, 7) is 7.08. The zero-order valence-electron chi connectivity index (χ0n) is 9.88. The lowest BCUT2D eigenvalue weighted by Gasteiger charge is -2.23. The van der Waals surface area contributed by atoms with E-state index in [1.165, 1.54) is 25.7 Å². The van der Waals surface area contributed by atoms with E-state index in [0.717, 1.165) is 18.9 Å². The predicted molar refractivity (Wildman–Crippen MR) is 60.3 cm³/mol. The number of nitrogens with two attached hydrogens (primary N) is 1. The van der Waals surface area contributed by atoms with Gasteiger partial charge in [0.25, 0.3) is 0 Å². The van der Waals surface area contributed by atoms with Crippen LogP contribution in [0.1, 0.15) is 52.9 Å². The summed E-state index contributed by atoms with van der Waals surface area (Å²) < 4.78 is 5.68. The van der Waals surface area contributed by atoms with E-state index in [1.54, 1.807) is 0 Å². The molecule has 0 bridgehead atoms. The second-order valence-electron chi connectivity index (χ2n) is 5.46. The Kier molecular flexibility index (Phi) is 4.39. The topological polar surface area (TPSA) is 35.2 Å². The van der Waals surface area contributed by atoms with Gasteiger partial charge >= 0.3 is 0 Å². The standard InChI is InChI=1S/C12H25NO/c1-12(2,3)14-9-8-11(13)10-6-4-5-7-10/h10-11H,4-9,13H2,1-3H3. The zero-order chi connectivity index (χ0) is 10.6. The van der Waals surface area contributed by atoms with E-state index in [-0.39, 0.29) is 5.60 Å². The third kappa shape index (κ3) is 4.43. The molecule has 1 unspecified atom stereocenters. The van der Waals surface area contributed by atoms with Crippen LogP contribution in [0.2, 0.25) is 0 Å². The van der Waals surface area contributed by atoms with E-state index < -0.39 is 0 Å². The van der Waals surface area contributed by atoms with E-state index in [1.807, 2.05) is 0 Å². The van der Waals surface area contributed by atoms with Crippen molar-refractivity contribution in [1.82, 2.24) is 0 Å². The molecule has 14 heavy (non-hydrogen) atoms. The first-order valence-electron chi connectivity index (χ1n) is 5.88. The van der Waals surface area contributed by atoms with Crippen LogP contribution in [0.25, 0.3) is 0 Å². The third-order valence-corrected chi connectivity index (χ3v) is 2.99. The van der Waals surface area contributed by atoms with Gasteiger partial charge in [-0.3, -0.25) is 0 Å². The molecule has 2 nitrogen and oxygen atoms in total. The van der Waals surface area contributed by atoms with E-state index in [0.29, 0.717) is 6.04 Å². The molecule has 0 heterocycles. The predicted octanol–water partition coefficient (Wildman–Crippen LogP) is 2.71. The van der Waals surface area contributed by atoms with Gasteiger partial charge in [0.1, 0.15) is 0 Å². The van der Waals surface area contributed by atoms with Gasteiger partial charge in [0.15, 0.2) is 0 Å². The van der Waals surface area contributed by atoms with Crippen LogP contribution in [-0.4, -0.2) is 18.2 Å². The molecule has 0 spiro atoms. The Bertz CT molecular complexity index is 156. The number of hydrogen-bond donors (Lipinski definition) is 1. The maximum atomic E-state index is 6.13. The summed E-state index contributed by atoms with van der Waals surface area (Å²) in [6, 6.07) is 0.361. The highest BCUT2D eigenvalue weighted by atomic mass is 16.5. The highest BCUT2D eigenvalue weighted by Gasteiger charge is 2.22. The minimum Gasteiger partial charge on any atom is -0.376 e. The van der Waals surface area contributed by atoms with E-state index in [9.17, 15) is 0 Å². The van der Waals surface area contributed by atoms with Gasteiger partial charge in [-0.2, -0.15) is 0 Å². The molecule has 0 aromatic heterocycles. The van der Waals surface area contributed by atoms with Crippen molar-refractivity contribution in [3.63, 3.8) is 0 Å². The Labute approximate surface area is 88.2 Å². The van der Waals surface area contributed by atoms with Crippen LogP contribution >= 0.6 is 0 Å². The van der Waals surface area contributed by atoms with E-state index in [4.69, 9.17) is 10.5 Å². The third-order valence-electron chi connectivity index (χ3n) is 2.99. The molecule has 1 saturated carbocycles. The Morgan fingerprint density at radius 2 is 1.86 bits per heavy atom. The van der Waals surface area contributed by atoms with Crippen molar-refractivity contribution in [1.29, 1.82) is 0 Å². The molecule has 1 fully saturated rings. The van der Waals surface area contributed by atoms with Gasteiger partial charge in [-0.05, 0) is 46.0 Å². The summed E-state index contributed by atoms with van der Waals surface area (Å²) in [6.07, 6.45) is 6.42. The Morgan fingerprint density at radius 1 is 1.29 bits per heavy atom. The molecule has 2 N–H and O–H groups in total. The molecule has 1 aliphatic rings. The molecule has 0 radical (unpaired) electrons. The molecular formula is C12H25NO. The molecule has 1 aliphatic carbocycles. The molecule has 1 rings (SSSR count). The van der Waals surface area contributed by atoms with Gasteiger partial charge in [-0.15, -0.1) is 0 Å². The zero-order valence-corrected chi connectivity index (χ0v) is 9.88. The monoisotopic (exact) mass is 199 g/mol. The first-order chi connectivity index (χ1) is 6.49. The molecule has 0 aliphatic heterocycles. The lowest BCUT2D eigenvalue weighted by Crippen LogP contribution is -2.31. The Morgan fingerprint density at radius 3 is 2.36 bits per heavy atom. The Hall–Kier alpha value is -0.0800. The maximum absolute atomic E-state index is 6.13. The van der Waals surface area contributed by atoms with Gasteiger partial charge < -0.3 is 10.5 Å². The minimum absolute atomic E-state index is 0.0185. The average molecular weight is 199 g/mol. The van der Waals surface area contributed by atoms with Gasteiger partial charge in [0, 0.05) is 12.6 Å². The number of hydrogen-bond acceptors (Lipinski definition) is 2. The SMILES string of the molecule is CC(C)(C)OCCC(N)C1CCCC1. The average Bonchev–Trinajstić information content (AvgIpc) is 2.53. The fraction of sp³-hybridized carbons (Fsp3) is 1.00.